The van der Waals surface area contributed by atoms with Gasteiger partial charge >= 0.3 is 5.97 Å². The van der Waals surface area contributed by atoms with Crippen molar-refractivity contribution in [2.45, 2.75) is 85.2 Å². The number of nitrogens with one attached hydrogen (secondary N) is 1. The molecule has 184 valence electrons. The van der Waals surface area contributed by atoms with E-state index < -0.39 is 14.0 Å². The van der Waals surface area contributed by atoms with E-state index in [4.69, 9.17) is 15.1 Å². The van der Waals surface area contributed by atoms with Gasteiger partial charge in [-0.1, -0.05) is 34.1 Å². The summed E-state index contributed by atoms with van der Waals surface area (Å²) in [6.45, 7) is 17.6. The lowest BCUT2D eigenvalue weighted by atomic mass is 10.0. The molecule has 1 aromatic rings. The van der Waals surface area contributed by atoms with Gasteiger partial charge in [0.05, 0.1) is 17.1 Å². The molecule has 1 heterocycles. The van der Waals surface area contributed by atoms with Crippen LogP contribution in [-0.4, -0.2) is 43.7 Å². The highest BCUT2D eigenvalue weighted by Gasteiger charge is 2.50. The second-order valence-electron chi connectivity index (χ2n) is 10.2. The molecule has 0 saturated carbocycles. The maximum atomic E-state index is 10.7. The Morgan fingerprint density at radius 1 is 1.09 bits per heavy atom. The van der Waals surface area contributed by atoms with Crippen molar-refractivity contribution in [1.29, 1.82) is 0 Å². The van der Waals surface area contributed by atoms with Gasteiger partial charge in [-0.3, -0.25) is 9.79 Å². The van der Waals surface area contributed by atoms with Crippen molar-refractivity contribution in [2.75, 3.05) is 18.4 Å². The van der Waals surface area contributed by atoms with E-state index in [1.54, 1.807) is 0 Å². The van der Waals surface area contributed by atoms with Crippen LogP contribution in [0.1, 0.15) is 72.8 Å². The molecule has 0 atom stereocenters. The molecule has 34 heavy (non-hydrogen) atoms. The molecule has 0 aromatic heterocycles. The molecular weight excluding hydrogens is 438 g/mol. The minimum atomic E-state index is -2.15. The number of aliphatic carboxylic acids is 1. The fourth-order valence-corrected chi connectivity index (χ4v) is 11.7. The Balaban J connectivity index is 2.06. The van der Waals surface area contributed by atoms with Crippen LogP contribution in [0.3, 0.4) is 0 Å². The van der Waals surface area contributed by atoms with Crippen LogP contribution in [-0.2, 0) is 4.79 Å². The topological polar surface area (TPSA) is 74.0 Å². The molecule has 2 aliphatic rings. The second-order valence-corrected chi connectivity index (χ2v) is 15.4. The quantitative estimate of drug-likeness (QED) is 0.228. The number of carboxylic acid groups (broad SMARTS) is 1. The molecule has 6 heteroatoms. The van der Waals surface area contributed by atoms with Crippen molar-refractivity contribution in [1.82, 2.24) is 0 Å². The summed E-state index contributed by atoms with van der Waals surface area (Å²) in [6.07, 6.45) is 7.35. The van der Waals surface area contributed by atoms with Crippen molar-refractivity contribution in [3.05, 3.63) is 40.6 Å². The zero-order valence-corrected chi connectivity index (χ0v) is 23.0. The molecule has 0 amide bonds. The summed E-state index contributed by atoms with van der Waals surface area (Å²) in [6, 6.07) is 4.67. The van der Waals surface area contributed by atoms with Gasteiger partial charge in [-0.05, 0) is 90.5 Å². The van der Waals surface area contributed by atoms with Gasteiger partial charge in [0.1, 0.15) is 8.07 Å². The lowest BCUT2D eigenvalue weighted by Crippen LogP contribution is -2.59. The predicted molar refractivity (Wildman–Crippen MR) is 148 cm³/mol. The number of fused-ring (bicyclic) bond motifs is 2. The summed E-state index contributed by atoms with van der Waals surface area (Å²) in [5.41, 5.74) is 7.98. The summed E-state index contributed by atoms with van der Waals surface area (Å²) in [5.74, 6) is -0.720. The lowest BCUT2D eigenvalue weighted by Gasteiger charge is -2.46. The number of rotatable bonds is 10. The highest BCUT2D eigenvalue weighted by Crippen LogP contribution is 2.45. The first-order valence-corrected chi connectivity index (χ1v) is 14.9. The Morgan fingerprint density at radius 2 is 1.79 bits per heavy atom. The minimum absolute atomic E-state index is 0.240. The summed E-state index contributed by atoms with van der Waals surface area (Å²) >= 11 is 0. The maximum Gasteiger partial charge on any atom is 0.303 e. The third kappa shape index (κ3) is 4.97. The molecule has 0 spiro atoms. The number of allylic oxidation sites excluding steroid dienone is 4. The number of hydrogen-bond donors (Lipinski definition) is 2. The van der Waals surface area contributed by atoms with Crippen molar-refractivity contribution in [2.24, 2.45) is 9.98 Å². The van der Waals surface area contributed by atoms with E-state index in [0.29, 0.717) is 17.5 Å². The minimum Gasteiger partial charge on any atom is -0.481 e. The van der Waals surface area contributed by atoms with E-state index in [1.165, 1.54) is 21.6 Å². The number of unbranched alkanes of at least 4 members (excludes halogenated alkanes) is 2. The van der Waals surface area contributed by atoms with E-state index in [0.717, 1.165) is 48.6 Å². The van der Waals surface area contributed by atoms with E-state index >= 15 is 0 Å². The van der Waals surface area contributed by atoms with Crippen molar-refractivity contribution in [3.63, 3.8) is 0 Å². The number of aliphatic imine (C=N–C) groups is 2. The van der Waals surface area contributed by atoms with Gasteiger partial charge < -0.3 is 10.4 Å². The fraction of sp³-hybridized carbons (Fsp3) is 0.536. The largest absolute Gasteiger partial charge is 0.481 e. The summed E-state index contributed by atoms with van der Waals surface area (Å²) in [4.78, 5) is 20.9. The Bertz CT molecular complexity index is 1060. The third-order valence-electron chi connectivity index (χ3n) is 7.31. The van der Waals surface area contributed by atoms with Crippen molar-refractivity contribution in [3.8, 4) is 0 Å². The van der Waals surface area contributed by atoms with Gasteiger partial charge in [-0.15, -0.1) is 0 Å². The zero-order valence-electron chi connectivity index (χ0n) is 22.0. The van der Waals surface area contributed by atoms with Crippen molar-refractivity contribution >= 4 is 42.0 Å². The van der Waals surface area contributed by atoms with Crippen molar-refractivity contribution < 1.29 is 9.90 Å². The average molecular weight is 480 g/mol. The van der Waals surface area contributed by atoms with Gasteiger partial charge in [0.2, 0.25) is 0 Å². The van der Waals surface area contributed by atoms with E-state index in [1.807, 2.05) is 0 Å². The number of benzene rings is 1. The number of anilines is 1. The molecule has 0 bridgehead atoms. The van der Waals surface area contributed by atoms with E-state index in [-0.39, 0.29) is 6.42 Å². The van der Waals surface area contributed by atoms with Crippen LogP contribution in [0.5, 0.6) is 0 Å². The smallest absolute Gasteiger partial charge is 0.303 e. The van der Waals surface area contributed by atoms with E-state index in [2.05, 4.69) is 78.1 Å². The standard InChI is InChI=1S/C28H41N3O2Si/c1-8-29-22-16-26-24(14-20(22)6)31-25-15-21(7)23(30-13-11-9-10-12-28(32)33)17-27(25)34(26,18(2)3)19(4)5/h14-19,29H,8-13H2,1-7H3,(H,32,33). The molecule has 5 nitrogen and oxygen atoms in total. The molecule has 1 aliphatic heterocycles. The average Bonchev–Trinajstić information content (AvgIpc) is 2.75. The molecule has 0 radical (unpaired) electrons. The summed E-state index contributed by atoms with van der Waals surface area (Å²) in [5, 5.41) is 15.2. The van der Waals surface area contributed by atoms with Gasteiger partial charge in [0, 0.05) is 25.2 Å². The van der Waals surface area contributed by atoms with Crippen LogP contribution in [0.4, 0.5) is 11.4 Å². The number of nitrogens with zero attached hydrogens (tertiary/aromatic N) is 2. The molecular formula is C28H41N3O2Si. The maximum absolute atomic E-state index is 10.7. The molecule has 1 aliphatic carbocycles. The monoisotopic (exact) mass is 479 g/mol. The Hall–Kier alpha value is -2.47. The SMILES string of the molecule is CCNc1cc2c(cc1C)N=C1C=C(C)C(=NCCCCCC(=O)O)C=C1[Si]2(C(C)C)C(C)C. The Kier molecular flexibility index (Phi) is 8.34. The molecule has 0 saturated heterocycles. The van der Waals surface area contributed by atoms with Gasteiger partial charge in [-0.25, -0.2) is 4.99 Å². The number of carbonyl (C=O) groups is 1. The van der Waals surface area contributed by atoms with Crippen LogP contribution in [0, 0.1) is 6.92 Å². The van der Waals surface area contributed by atoms with Crippen LogP contribution in [0.25, 0.3) is 0 Å². The number of hydrogen-bond acceptors (Lipinski definition) is 4. The zero-order chi connectivity index (χ0) is 25.0. The first-order valence-electron chi connectivity index (χ1n) is 12.8. The van der Waals surface area contributed by atoms with Gasteiger partial charge in [-0.2, -0.15) is 0 Å². The molecule has 3 rings (SSSR count). The highest BCUT2D eigenvalue weighted by atomic mass is 28.3. The van der Waals surface area contributed by atoms with Crippen LogP contribution in [0.2, 0.25) is 11.1 Å². The highest BCUT2D eigenvalue weighted by molar-refractivity contribution is 7.04. The Labute approximate surface area is 206 Å². The first-order chi connectivity index (χ1) is 16.1. The van der Waals surface area contributed by atoms with Crippen LogP contribution < -0.4 is 10.5 Å². The molecule has 0 unspecified atom stereocenters. The normalized spacial score (nSPS) is 17.8. The first kappa shape index (κ1) is 26.1. The van der Waals surface area contributed by atoms with Crippen LogP contribution >= 0.6 is 0 Å². The Morgan fingerprint density at radius 3 is 2.41 bits per heavy atom. The third-order valence-corrected chi connectivity index (χ3v) is 13.5. The lowest BCUT2D eigenvalue weighted by molar-refractivity contribution is -0.137. The van der Waals surface area contributed by atoms with E-state index in [9.17, 15) is 4.79 Å². The molecule has 2 N–H and O–H groups in total. The summed E-state index contributed by atoms with van der Waals surface area (Å²) < 4.78 is 0. The molecule has 1 aromatic carbocycles. The number of carboxylic acids is 1. The number of aryl methyl sites for hydroxylation is 1. The van der Waals surface area contributed by atoms with Gasteiger partial charge in [0.15, 0.2) is 0 Å². The van der Waals surface area contributed by atoms with Crippen LogP contribution in [0.15, 0.2) is 45.0 Å². The second kappa shape index (κ2) is 10.9. The fourth-order valence-electron chi connectivity index (χ4n) is 5.72. The van der Waals surface area contributed by atoms with Gasteiger partial charge in [0.25, 0.3) is 0 Å². The summed E-state index contributed by atoms with van der Waals surface area (Å²) in [7, 11) is -2.15. The predicted octanol–water partition coefficient (Wildman–Crippen LogP) is 6.50. The molecule has 0 fully saturated rings.